The molecule has 0 rings (SSSR count). The van der Waals surface area contributed by atoms with Crippen LogP contribution in [-0.2, 0) is 0 Å². The van der Waals surface area contributed by atoms with Gasteiger partial charge in [0.1, 0.15) is 0 Å². The molecule has 1 radical (unpaired) electrons. The highest BCUT2D eigenvalue weighted by atomic mass is 32.1. The summed E-state index contributed by atoms with van der Waals surface area (Å²) >= 11 is 4.25. The van der Waals surface area contributed by atoms with Crippen LogP contribution in [0.3, 0.4) is 0 Å². The number of hydrogen-bond acceptors (Lipinski definition) is 0. The molecule has 0 bridgehead atoms. The normalized spacial score (nSPS) is 4.00. The van der Waals surface area contributed by atoms with Crippen molar-refractivity contribution in [3.05, 3.63) is 17.7 Å². The Morgan fingerprint density at radius 3 is 2.25 bits per heavy atom. The molecule has 0 unspecified atom stereocenters. The molecule has 0 amide bonds. The summed E-state index contributed by atoms with van der Waals surface area (Å²) in [6.07, 6.45) is 0. The van der Waals surface area contributed by atoms with E-state index in [9.17, 15) is 0 Å². The molecule has 0 aromatic heterocycles. The van der Waals surface area contributed by atoms with Crippen LogP contribution in [0.25, 0.3) is 0 Å². The van der Waals surface area contributed by atoms with Crippen LogP contribution in [-0.4, -0.2) is 0 Å². The van der Waals surface area contributed by atoms with Crippen molar-refractivity contribution in [2.75, 3.05) is 0 Å². The lowest BCUT2D eigenvalue weighted by molar-refractivity contribution is 2.46. The van der Waals surface area contributed by atoms with E-state index in [1.54, 1.807) is 0 Å². The molecule has 0 aliphatic heterocycles. The van der Waals surface area contributed by atoms with Gasteiger partial charge in [-0.05, 0) is 0 Å². The van der Waals surface area contributed by atoms with Crippen molar-refractivity contribution in [2.24, 2.45) is 0 Å². The average molecular weight is 71.1 g/mol. The molecule has 0 spiro atoms. The van der Waals surface area contributed by atoms with Crippen LogP contribution < -0.4 is 0 Å². The Balaban J connectivity index is 3.11. The van der Waals surface area contributed by atoms with Gasteiger partial charge in [0.2, 0.25) is 0 Å². The first-order chi connectivity index (χ1) is 1.91. The third-order valence-corrected chi connectivity index (χ3v) is 0.250. The summed E-state index contributed by atoms with van der Waals surface area (Å²) in [7, 11) is 0. The predicted molar refractivity (Wildman–Crippen MR) is 21.3 cm³/mol. The smallest absolute Gasteiger partial charge is 0.0427 e. The average Bonchev–Trinajstić information content (AvgIpc) is 1.37. The second-order valence-corrected chi connectivity index (χ2v) is 0.558. The third kappa shape index (κ3) is 1.74. The van der Waals surface area contributed by atoms with Gasteiger partial charge in [0, 0.05) is 5.41 Å². The molecule has 0 N–H and O–H groups in total. The minimum absolute atomic E-state index is 1.35. The lowest BCUT2D eigenvalue weighted by Crippen LogP contribution is -1.06. The van der Waals surface area contributed by atoms with E-state index in [2.05, 4.69) is 24.9 Å². The minimum atomic E-state index is 1.35. The van der Waals surface area contributed by atoms with Gasteiger partial charge in [-0.1, -0.05) is 19.2 Å². The first-order valence-corrected chi connectivity index (χ1v) is 1.35. The highest BCUT2D eigenvalue weighted by Crippen LogP contribution is 1.62. The summed E-state index contributed by atoms with van der Waals surface area (Å²) < 4.78 is 0. The molecule has 0 saturated carbocycles. The maximum atomic E-state index is 4.25. The molecule has 0 aromatic rings. The predicted octanol–water partition coefficient (Wildman–Crippen LogP) is 1.48. The molecular formula is C3H3S. The lowest BCUT2D eigenvalue weighted by Gasteiger charge is -1.34. The van der Waals surface area contributed by atoms with Crippen molar-refractivity contribution in [3.8, 4) is 0 Å². The second kappa shape index (κ2) is 2.74. The molecule has 0 heterocycles. The van der Waals surface area contributed by atoms with Gasteiger partial charge in [0.25, 0.3) is 0 Å². The van der Waals surface area contributed by atoms with Crippen LogP contribution in [0.5, 0.6) is 0 Å². The van der Waals surface area contributed by atoms with E-state index in [0.717, 1.165) is 0 Å². The second-order valence-electron chi connectivity index (χ2n) is 0.322. The lowest BCUT2D eigenvalue weighted by atomic mass is 11.0. The van der Waals surface area contributed by atoms with Crippen molar-refractivity contribution >= 4 is 12.6 Å². The molecule has 1 heteroatoms. The van der Waals surface area contributed by atoms with E-state index < -0.39 is 0 Å². The van der Waals surface area contributed by atoms with Crippen LogP contribution in [0.2, 0.25) is 0 Å². The summed E-state index contributed by atoms with van der Waals surface area (Å²) in [6, 6.07) is 0. The quantitative estimate of drug-likeness (QED) is 0.379. The summed E-state index contributed by atoms with van der Waals surface area (Å²) in [4.78, 5) is 0. The Bertz CT molecular complexity index is 41.2. The SMILES string of the molecule is C=C=C[S]. The van der Waals surface area contributed by atoms with E-state index >= 15 is 0 Å². The fourth-order valence-corrected chi connectivity index (χ4v) is 0. The summed E-state index contributed by atoms with van der Waals surface area (Å²) in [6.45, 7) is 3.19. The summed E-state index contributed by atoms with van der Waals surface area (Å²) in [5.41, 5.74) is 2.37. The maximum Gasteiger partial charge on any atom is 0.0427 e. The van der Waals surface area contributed by atoms with Crippen molar-refractivity contribution in [2.45, 2.75) is 0 Å². The van der Waals surface area contributed by atoms with Gasteiger partial charge in [0.15, 0.2) is 0 Å². The van der Waals surface area contributed by atoms with Gasteiger partial charge in [-0.15, -0.1) is 5.73 Å². The van der Waals surface area contributed by atoms with E-state index in [1.807, 2.05) is 0 Å². The molecule has 0 aromatic carbocycles. The first kappa shape index (κ1) is 3.74. The van der Waals surface area contributed by atoms with E-state index in [1.165, 1.54) is 5.41 Å². The van der Waals surface area contributed by atoms with Gasteiger partial charge in [-0.3, -0.25) is 0 Å². The summed E-state index contributed by atoms with van der Waals surface area (Å²) in [5.74, 6) is 0. The largest absolute Gasteiger partial charge is 0.117 e. The van der Waals surface area contributed by atoms with Crippen molar-refractivity contribution < 1.29 is 0 Å². The van der Waals surface area contributed by atoms with Crippen LogP contribution >= 0.6 is 12.6 Å². The zero-order valence-corrected chi connectivity index (χ0v) is 3.01. The van der Waals surface area contributed by atoms with Crippen molar-refractivity contribution in [3.63, 3.8) is 0 Å². The van der Waals surface area contributed by atoms with Gasteiger partial charge in [-0.25, -0.2) is 0 Å². The molecule has 0 atom stereocenters. The van der Waals surface area contributed by atoms with Gasteiger partial charge in [-0.2, -0.15) is 0 Å². The molecular weight excluding hydrogens is 68.1 g/mol. The highest BCUT2D eigenvalue weighted by molar-refractivity contribution is 7.83. The Morgan fingerprint density at radius 2 is 2.25 bits per heavy atom. The first-order valence-electron chi connectivity index (χ1n) is 0.878. The van der Waals surface area contributed by atoms with Gasteiger partial charge < -0.3 is 0 Å². The molecule has 0 nitrogen and oxygen atoms in total. The molecule has 0 fully saturated rings. The van der Waals surface area contributed by atoms with E-state index in [0.29, 0.717) is 0 Å². The molecule has 0 aliphatic rings. The zero-order chi connectivity index (χ0) is 3.41. The molecule has 0 saturated heterocycles. The monoisotopic (exact) mass is 71.0 g/mol. The number of hydrogen-bond donors (Lipinski definition) is 0. The molecule has 0 aliphatic carbocycles. The highest BCUT2D eigenvalue weighted by Gasteiger charge is 1.28. The minimum Gasteiger partial charge on any atom is -0.117 e. The Hall–Kier alpha value is -0.260. The van der Waals surface area contributed by atoms with Crippen LogP contribution in [0.1, 0.15) is 0 Å². The van der Waals surface area contributed by atoms with Crippen LogP contribution in [0.15, 0.2) is 17.7 Å². The van der Waals surface area contributed by atoms with E-state index in [-0.39, 0.29) is 0 Å². The van der Waals surface area contributed by atoms with Gasteiger partial charge >= 0.3 is 0 Å². The summed E-state index contributed by atoms with van der Waals surface area (Å²) in [5, 5.41) is 1.35. The van der Waals surface area contributed by atoms with Crippen LogP contribution in [0.4, 0.5) is 0 Å². The Kier molecular flexibility index (Phi) is 2.56. The standard InChI is InChI=1S/C3H3S/c1-2-3-4/h3H,1H2. The van der Waals surface area contributed by atoms with Crippen molar-refractivity contribution in [1.29, 1.82) is 0 Å². The Morgan fingerprint density at radius 1 is 2.00 bits per heavy atom. The van der Waals surface area contributed by atoms with Crippen molar-refractivity contribution in [1.82, 2.24) is 0 Å². The molecule has 4 heavy (non-hydrogen) atoms. The van der Waals surface area contributed by atoms with E-state index in [4.69, 9.17) is 0 Å². The zero-order valence-electron chi connectivity index (χ0n) is 2.19. The molecule has 21 valence electrons. The number of rotatable bonds is 0. The van der Waals surface area contributed by atoms with Gasteiger partial charge in [0.05, 0.1) is 0 Å². The van der Waals surface area contributed by atoms with Crippen LogP contribution in [0, 0.1) is 0 Å². The fourth-order valence-electron chi connectivity index (χ4n) is 0. The third-order valence-electron chi connectivity index (χ3n) is 0.0833. The Labute approximate surface area is 31.2 Å². The topological polar surface area (TPSA) is 0 Å². The fraction of sp³-hybridized carbons (Fsp3) is 0. The maximum absolute atomic E-state index is 4.25.